The summed E-state index contributed by atoms with van der Waals surface area (Å²) in [5.74, 6) is 0.167. The van der Waals surface area contributed by atoms with Gasteiger partial charge in [-0.1, -0.05) is 18.2 Å². The monoisotopic (exact) mass is 265 g/mol. The van der Waals surface area contributed by atoms with E-state index in [1.165, 1.54) is 0 Å². The van der Waals surface area contributed by atoms with Crippen molar-refractivity contribution in [2.45, 2.75) is 12.8 Å². The van der Waals surface area contributed by atoms with Crippen molar-refractivity contribution in [3.63, 3.8) is 0 Å². The van der Waals surface area contributed by atoms with Crippen molar-refractivity contribution in [2.24, 2.45) is 7.05 Å². The van der Waals surface area contributed by atoms with Crippen molar-refractivity contribution < 1.29 is 4.79 Å². The number of benzene rings is 1. The van der Waals surface area contributed by atoms with E-state index in [0.717, 1.165) is 22.2 Å². The third-order valence-corrected chi connectivity index (χ3v) is 3.35. The molecule has 4 heteroatoms. The Balaban J connectivity index is 1.81. The van der Waals surface area contributed by atoms with Gasteiger partial charge in [-0.15, -0.1) is 0 Å². The van der Waals surface area contributed by atoms with Gasteiger partial charge < -0.3 is 0 Å². The highest BCUT2D eigenvalue weighted by molar-refractivity contribution is 5.89. The largest absolute Gasteiger partial charge is 0.299 e. The molecule has 0 unspecified atom stereocenters. The number of rotatable bonds is 4. The number of carbonyl (C=O) groups is 1. The molecule has 0 atom stereocenters. The molecule has 0 aliphatic carbocycles. The molecule has 0 radical (unpaired) electrons. The van der Waals surface area contributed by atoms with E-state index in [4.69, 9.17) is 0 Å². The molecule has 2 aromatic heterocycles. The lowest BCUT2D eigenvalue weighted by Crippen LogP contribution is -2.07. The molecule has 0 saturated heterocycles. The fourth-order valence-corrected chi connectivity index (χ4v) is 2.40. The normalized spacial score (nSPS) is 10.8. The van der Waals surface area contributed by atoms with Gasteiger partial charge in [0.2, 0.25) is 0 Å². The van der Waals surface area contributed by atoms with Crippen LogP contribution in [0.3, 0.4) is 0 Å². The topological polar surface area (TPSA) is 47.8 Å². The van der Waals surface area contributed by atoms with Gasteiger partial charge >= 0.3 is 0 Å². The molecular weight excluding hydrogens is 250 g/mol. The van der Waals surface area contributed by atoms with Crippen molar-refractivity contribution in [1.29, 1.82) is 0 Å². The van der Waals surface area contributed by atoms with Crippen molar-refractivity contribution in [3.05, 3.63) is 60.0 Å². The lowest BCUT2D eigenvalue weighted by Gasteiger charge is -1.99. The number of aryl methyl sites for hydroxylation is 1. The van der Waals surface area contributed by atoms with Crippen molar-refractivity contribution >= 4 is 16.7 Å². The van der Waals surface area contributed by atoms with E-state index in [9.17, 15) is 4.79 Å². The van der Waals surface area contributed by atoms with Gasteiger partial charge in [-0.3, -0.25) is 14.5 Å². The molecule has 3 rings (SSSR count). The molecule has 20 heavy (non-hydrogen) atoms. The first-order chi connectivity index (χ1) is 9.74. The third kappa shape index (κ3) is 2.45. The minimum absolute atomic E-state index is 0.167. The Kier molecular flexibility index (Phi) is 3.29. The zero-order chi connectivity index (χ0) is 13.9. The molecule has 0 bridgehead atoms. The highest BCUT2D eigenvalue weighted by Crippen LogP contribution is 2.18. The van der Waals surface area contributed by atoms with E-state index < -0.39 is 0 Å². The lowest BCUT2D eigenvalue weighted by molar-refractivity contribution is -0.117. The van der Waals surface area contributed by atoms with Crippen LogP contribution in [0.25, 0.3) is 10.9 Å². The molecule has 4 nitrogen and oxygen atoms in total. The van der Waals surface area contributed by atoms with E-state index in [2.05, 4.69) is 10.1 Å². The first-order valence-corrected chi connectivity index (χ1v) is 6.55. The van der Waals surface area contributed by atoms with E-state index in [-0.39, 0.29) is 5.78 Å². The van der Waals surface area contributed by atoms with Crippen LogP contribution in [0, 0.1) is 0 Å². The van der Waals surface area contributed by atoms with E-state index in [1.807, 2.05) is 48.1 Å². The quantitative estimate of drug-likeness (QED) is 0.727. The van der Waals surface area contributed by atoms with Crippen molar-refractivity contribution in [3.8, 4) is 0 Å². The van der Waals surface area contributed by atoms with Crippen LogP contribution >= 0.6 is 0 Å². The standard InChI is InChI=1S/C16H15N3O/c1-19-16-5-3-2-4-14(16)15(18-19)11-13(20)10-12-6-8-17-9-7-12/h2-9H,10-11H2,1H3. The summed E-state index contributed by atoms with van der Waals surface area (Å²) in [6.45, 7) is 0. The van der Waals surface area contributed by atoms with E-state index >= 15 is 0 Å². The molecule has 0 aliphatic rings. The van der Waals surface area contributed by atoms with Gasteiger partial charge in [-0.25, -0.2) is 0 Å². The highest BCUT2D eigenvalue weighted by atomic mass is 16.1. The summed E-state index contributed by atoms with van der Waals surface area (Å²) in [4.78, 5) is 16.1. The van der Waals surface area contributed by atoms with Crippen molar-refractivity contribution in [1.82, 2.24) is 14.8 Å². The molecule has 2 heterocycles. The summed E-state index contributed by atoms with van der Waals surface area (Å²) in [7, 11) is 1.90. The van der Waals surface area contributed by atoms with Crippen LogP contribution in [0.2, 0.25) is 0 Å². The van der Waals surface area contributed by atoms with Crippen molar-refractivity contribution in [2.75, 3.05) is 0 Å². The van der Waals surface area contributed by atoms with Gasteiger partial charge in [-0.2, -0.15) is 5.10 Å². The van der Waals surface area contributed by atoms with Gasteiger partial charge in [0, 0.05) is 31.2 Å². The number of aromatic nitrogens is 3. The van der Waals surface area contributed by atoms with Gasteiger partial charge in [0.15, 0.2) is 0 Å². The fraction of sp³-hybridized carbons (Fsp3) is 0.188. The molecule has 100 valence electrons. The van der Waals surface area contributed by atoms with Crippen LogP contribution < -0.4 is 0 Å². The molecule has 0 saturated carbocycles. The molecular formula is C16H15N3O. The fourth-order valence-electron chi connectivity index (χ4n) is 2.40. The predicted octanol–water partition coefficient (Wildman–Crippen LogP) is 2.32. The number of hydrogen-bond acceptors (Lipinski definition) is 3. The molecule has 1 aromatic carbocycles. The number of ketones is 1. The maximum Gasteiger partial charge on any atom is 0.143 e. The van der Waals surface area contributed by atoms with Crippen LogP contribution in [-0.4, -0.2) is 20.5 Å². The predicted molar refractivity (Wildman–Crippen MR) is 77.4 cm³/mol. The Morgan fingerprint density at radius 1 is 1.10 bits per heavy atom. The van der Waals surface area contributed by atoms with Crippen LogP contribution in [0.4, 0.5) is 0 Å². The molecule has 0 aliphatic heterocycles. The average molecular weight is 265 g/mol. The zero-order valence-corrected chi connectivity index (χ0v) is 11.3. The van der Waals surface area contributed by atoms with Crippen LogP contribution in [0.1, 0.15) is 11.3 Å². The number of Topliss-reactive ketones (excluding diaryl/α,β-unsaturated/α-hetero) is 1. The summed E-state index contributed by atoms with van der Waals surface area (Å²) in [6.07, 6.45) is 4.20. The third-order valence-electron chi connectivity index (χ3n) is 3.35. The average Bonchev–Trinajstić information content (AvgIpc) is 2.77. The minimum atomic E-state index is 0.167. The van der Waals surface area contributed by atoms with E-state index in [0.29, 0.717) is 12.8 Å². The Hall–Kier alpha value is -2.49. The maximum absolute atomic E-state index is 12.2. The molecule has 0 N–H and O–H groups in total. The Labute approximate surface area is 117 Å². The Morgan fingerprint density at radius 3 is 2.65 bits per heavy atom. The second kappa shape index (κ2) is 5.25. The summed E-state index contributed by atoms with van der Waals surface area (Å²) in [5.41, 5.74) is 2.90. The smallest absolute Gasteiger partial charge is 0.143 e. The van der Waals surface area contributed by atoms with E-state index in [1.54, 1.807) is 12.4 Å². The molecule has 0 amide bonds. The molecule has 0 fully saturated rings. The molecule has 3 aromatic rings. The number of hydrogen-bond donors (Lipinski definition) is 0. The van der Waals surface area contributed by atoms with Crippen LogP contribution in [-0.2, 0) is 24.7 Å². The number of fused-ring (bicyclic) bond motifs is 1. The minimum Gasteiger partial charge on any atom is -0.299 e. The second-order valence-corrected chi connectivity index (χ2v) is 4.84. The SMILES string of the molecule is Cn1nc(CC(=O)Cc2ccncc2)c2ccccc21. The Bertz CT molecular complexity index is 747. The lowest BCUT2D eigenvalue weighted by atomic mass is 10.1. The summed E-state index contributed by atoms with van der Waals surface area (Å²) in [5, 5.41) is 5.51. The van der Waals surface area contributed by atoms with Crippen LogP contribution in [0.5, 0.6) is 0 Å². The zero-order valence-electron chi connectivity index (χ0n) is 11.3. The van der Waals surface area contributed by atoms with Gasteiger partial charge in [0.25, 0.3) is 0 Å². The summed E-state index contributed by atoms with van der Waals surface area (Å²) in [6, 6.07) is 11.7. The van der Waals surface area contributed by atoms with Gasteiger partial charge in [-0.05, 0) is 23.8 Å². The highest BCUT2D eigenvalue weighted by Gasteiger charge is 2.12. The summed E-state index contributed by atoms with van der Waals surface area (Å²) >= 11 is 0. The number of carbonyl (C=O) groups excluding carboxylic acids is 1. The van der Waals surface area contributed by atoms with Gasteiger partial charge in [0.1, 0.15) is 5.78 Å². The number of pyridine rings is 1. The Morgan fingerprint density at radius 2 is 1.85 bits per heavy atom. The van der Waals surface area contributed by atoms with Crippen LogP contribution in [0.15, 0.2) is 48.8 Å². The summed E-state index contributed by atoms with van der Waals surface area (Å²) < 4.78 is 1.82. The van der Waals surface area contributed by atoms with Gasteiger partial charge in [0.05, 0.1) is 17.6 Å². The number of para-hydroxylation sites is 1. The first kappa shape index (κ1) is 12.5. The molecule has 0 spiro atoms. The number of nitrogens with zero attached hydrogens (tertiary/aromatic N) is 3. The first-order valence-electron chi connectivity index (χ1n) is 6.55. The maximum atomic E-state index is 12.2. The second-order valence-electron chi connectivity index (χ2n) is 4.84.